The third-order valence-electron chi connectivity index (χ3n) is 1.75. The molecular formula is C8H4F3N3O. The standard InChI is InChI=1S/C8H4F3N3O/c9-5-1-4(2-6(10)7(5)11)14-3-12-8(15)13-14/h1-3H,(H,13,15). The van der Waals surface area contributed by atoms with Gasteiger partial charge in [0.2, 0.25) is 0 Å². The Morgan fingerprint density at radius 1 is 1.20 bits per heavy atom. The summed E-state index contributed by atoms with van der Waals surface area (Å²) in [6, 6.07) is 1.49. The highest BCUT2D eigenvalue weighted by atomic mass is 19.2. The van der Waals surface area contributed by atoms with E-state index in [0.29, 0.717) is 0 Å². The van der Waals surface area contributed by atoms with Crippen molar-refractivity contribution in [2.45, 2.75) is 0 Å². The first-order valence-corrected chi connectivity index (χ1v) is 3.86. The van der Waals surface area contributed by atoms with E-state index in [1.807, 2.05) is 0 Å². The van der Waals surface area contributed by atoms with Crippen molar-refractivity contribution in [2.24, 2.45) is 0 Å². The van der Waals surface area contributed by atoms with Crippen molar-refractivity contribution >= 4 is 0 Å². The minimum atomic E-state index is -1.55. The highest BCUT2D eigenvalue weighted by molar-refractivity contribution is 5.31. The molecule has 0 radical (unpaired) electrons. The van der Waals surface area contributed by atoms with E-state index in [4.69, 9.17) is 0 Å². The van der Waals surface area contributed by atoms with Gasteiger partial charge in [0.15, 0.2) is 17.5 Å². The number of hydrogen-bond acceptors (Lipinski definition) is 2. The number of aromatic amines is 1. The lowest BCUT2D eigenvalue weighted by Gasteiger charge is -2.02. The van der Waals surface area contributed by atoms with Crippen LogP contribution in [0.2, 0.25) is 0 Å². The van der Waals surface area contributed by atoms with Crippen LogP contribution in [0.5, 0.6) is 0 Å². The van der Waals surface area contributed by atoms with Crippen LogP contribution in [0.15, 0.2) is 23.3 Å². The molecule has 7 heteroatoms. The summed E-state index contributed by atoms with van der Waals surface area (Å²) in [6.07, 6.45) is 1.04. The minimum absolute atomic E-state index is 0.0546. The second-order valence-corrected chi connectivity index (χ2v) is 2.75. The fourth-order valence-corrected chi connectivity index (χ4v) is 1.08. The maximum absolute atomic E-state index is 12.8. The Balaban J connectivity index is 2.59. The first-order chi connectivity index (χ1) is 7.08. The summed E-state index contributed by atoms with van der Waals surface area (Å²) in [5.74, 6) is -4.22. The molecule has 0 unspecified atom stereocenters. The normalized spacial score (nSPS) is 10.6. The molecule has 15 heavy (non-hydrogen) atoms. The molecule has 2 aromatic rings. The molecular weight excluding hydrogens is 211 g/mol. The Labute approximate surface area is 81.0 Å². The first-order valence-electron chi connectivity index (χ1n) is 3.86. The maximum Gasteiger partial charge on any atom is 0.361 e. The van der Waals surface area contributed by atoms with Gasteiger partial charge < -0.3 is 0 Å². The number of nitrogens with zero attached hydrogens (tertiary/aromatic N) is 2. The minimum Gasteiger partial charge on any atom is -0.244 e. The first kappa shape index (κ1) is 9.50. The van der Waals surface area contributed by atoms with Gasteiger partial charge in [0.05, 0.1) is 5.69 Å². The number of aromatic nitrogens is 3. The Kier molecular flexibility index (Phi) is 2.07. The Bertz CT molecular complexity index is 537. The van der Waals surface area contributed by atoms with Crippen molar-refractivity contribution in [3.63, 3.8) is 0 Å². The monoisotopic (exact) mass is 215 g/mol. The molecule has 0 aliphatic carbocycles. The molecule has 0 aliphatic rings. The van der Waals surface area contributed by atoms with Crippen LogP contribution in [0.1, 0.15) is 0 Å². The van der Waals surface area contributed by atoms with Gasteiger partial charge >= 0.3 is 5.69 Å². The molecule has 0 atom stereocenters. The zero-order valence-electron chi connectivity index (χ0n) is 7.17. The zero-order valence-corrected chi connectivity index (χ0v) is 7.17. The van der Waals surface area contributed by atoms with E-state index in [-0.39, 0.29) is 5.69 Å². The van der Waals surface area contributed by atoms with E-state index in [1.54, 1.807) is 0 Å². The Hall–Kier alpha value is -2.05. The van der Waals surface area contributed by atoms with Crippen molar-refractivity contribution in [1.82, 2.24) is 14.8 Å². The van der Waals surface area contributed by atoms with Gasteiger partial charge in [-0.2, -0.15) is 4.98 Å². The van der Waals surface area contributed by atoms with Crippen molar-refractivity contribution in [1.29, 1.82) is 0 Å². The van der Waals surface area contributed by atoms with Crippen molar-refractivity contribution in [3.8, 4) is 5.69 Å². The van der Waals surface area contributed by atoms with Gasteiger partial charge in [-0.1, -0.05) is 0 Å². The molecule has 0 amide bonds. The van der Waals surface area contributed by atoms with Crippen molar-refractivity contribution < 1.29 is 13.2 Å². The molecule has 1 aromatic carbocycles. The maximum atomic E-state index is 12.8. The van der Waals surface area contributed by atoms with E-state index in [1.165, 1.54) is 0 Å². The molecule has 0 saturated heterocycles. The van der Waals surface area contributed by atoms with Crippen LogP contribution < -0.4 is 5.69 Å². The lowest BCUT2D eigenvalue weighted by Crippen LogP contribution is -2.06. The number of H-pyrrole nitrogens is 1. The van der Waals surface area contributed by atoms with Gasteiger partial charge in [-0.25, -0.2) is 27.7 Å². The molecule has 2 rings (SSSR count). The lowest BCUT2D eigenvalue weighted by molar-refractivity contribution is 0.446. The van der Waals surface area contributed by atoms with Gasteiger partial charge in [-0.3, -0.25) is 0 Å². The average molecular weight is 215 g/mol. The highest BCUT2D eigenvalue weighted by Crippen LogP contribution is 2.15. The zero-order chi connectivity index (χ0) is 11.0. The second kappa shape index (κ2) is 3.26. The van der Waals surface area contributed by atoms with Crippen LogP contribution in [-0.2, 0) is 0 Å². The topological polar surface area (TPSA) is 50.7 Å². The van der Waals surface area contributed by atoms with Gasteiger partial charge in [0.1, 0.15) is 6.33 Å². The average Bonchev–Trinajstić information content (AvgIpc) is 2.60. The van der Waals surface area contributed by atoms with Gasteiger partial charge in [-0.05, 0) is 0 Å². The van der Waals surface area contributed by atoms with Crippen LogP contribution in [0.3, 0.4) is 0 Å². The van der Waals surface area contributed by atoms with E-state index in [2.05, 4.69) is 10.1 Å². The van der Waals surface area contributed by atoms with Crippen LogP contribution in [0.4, 0.5) is 13.2 Å². The number of nitrogens with one attached hydrogen (secondary N) is 1. The highest BCUT2D eigenvalue weighted by Gasteiger charge is 2.11. The van der Waals surface area contributed by atoms with Crippen LogP contribution in [0, 0.1) is 17.5 Å². The SMILES string of the molecule is O=c1ncn(-c2cc(F)c(F)c(F)c2)[nH]1. The Morgan fingerprint density at radius 3 is 2.27 bits per heavy atom. The van der Waals surface area contributed by atoms with Crippen LogP contribution in [0.25, 0.3) is 5.69 Å². The quantitative estimate of drug-likeness (QED) is 0.721. The van der Waals surface area contributed by atoms with Crippen LogP contribution >= 0.6 is 0 Å². The fraction of sp³-hybridized carbons (Fsp3) is 0. The van der Waals surface area contributed by atoms with Gasteiger partial charge in [-0.15, -0.1) is 0 Å². The van der Waals surface area contributed by atoms with Crippen molar-refractivity contribution in [2.75, 3.05) is 0 Å². The van der Waals surface area contributed by atoms with Gasteiger partial charge in [0, 0.05) is 12.1 Å². The van der Waals surface area contributed by atoms with E-state index in [9.17, 15) is 18.0 Å². The molecule has 1 heterocycles. The third-order valence-corrected chi connectivity index (χ3v) is 1.75. The largest absolute Gasteiger partial charge is 0.361 e. The smallest absolute Gasteiger partial charge is 0.244 e. The molecule has 0 spiro atoms. The summed E-state index contributed by atoms with van der Waals surface area (Å²) in [5.41, 5.74) is -0.721. The summed E-state index contributed by atoms with van der Waals surface area (Å²) in [6.45, 7) is 0. The second-order valence-electron chi connectivity index (χ2n) is 2.75. The summed E-state index contributed by atoms with van der Waals surface area (Å²) < 4.78 is 39.1. The molecule has 1 N–H and O–H groups in total. The van der Waals surface area contributed by atoms with E-state index >= 15 is 0 Å². The predicted molar refractivity (Wildman–Crippen MR) is 44.1 cm³/mol. The fourth-order valence-electron chi connectivity index (χ4n) is 1.08. The molecule has 0 saturated carbocycles. The molecule has 78 valence electrons. The molecule has 4 nitrogen and oxygen atoms in total. The summed E-state index contributed by atoms with van der Waals surface area (Å²) >= 11 is 0. The molecule has 1 aromatic heterocycles. The number of rotatable bonds is 1. The molecule has 0 bridgehead atoms. The summed E-state index contributed by atoms with van der Waals surface area (Å²) in [4.78, 5) is 13.9. The predicted octanol–water partition coefficient (Wildman–Crippen LogP) is 0.978. The number of halogens is 3. The van der Waals surface area contributed by atoms with Crippen LogP contribution in [-0.4, -0.2) is 14.8 Å². The van der Waals surface area contributed by atoms with Gasteiger partial charge in [0.25, 0.3) is 0 Å². The summed E-state index contributed by atoms with van der Waals surface area (Å²) in [7, 11) is 0. The molecule has 0 fully saturated rings. The van der Waals surface area contributed by atoms with E-state index < -0.39 is 23.1 Å². The Morgan fingerprint density at radius 2 is 1.80 bits per heavy atom. The summed E-state index contributed by atoms with van der Waals surface area (Å²) in [5, 5.41) is 2.16. The van der Waals surface area contributed by atoms with Crippen molar-refractivity contribution in [3.05, 3.63) is 46.4 Å². The van der Waals surface area contributed by atoms with E-state index in [0.717, 1.165) is 23.1 Å². The lowest BCUT2D eigenvalue weighted by atomic mass is 10.3. The number of hydrogen-bond donors (Lipinski definition) is 1. The number of benzene rings is 1. The third kappa shape index (κ3) is 1.63. The molecule has 0 aliphatic heterocycles.